The molecule has 1 aliphatic heterocycles. The van der Waals surface area contributed by atoms with Gasteiger partial charge >= 0.3 is 0 Å². The van der Waals surface area contributed by atoms with Crippen molar-refractivity contribution >= 4 is 5.78 Å². The number of carbonyl (C=O) groups excluding carboxylic acids is 1. The minimum Gasteiger partial charge on any atom is -0.296 e. The van der Waals surface area contributed by atoms with Crippen molar-refractivity contribution in [2.45, 2.75) is 38.5 Å². The van der Waals surface area contributed by atoms with Gasteiger partial charge in [-0.3, -0.25) is 9.69 Å². The molecule has 0 N–H and O–H groups in total. The molecule has 0 radical (unpaired) electrons. The molecule has 0 aliphatic carbocycles. The van der Waals surface area contributed by atoms with Gasteiger partial charge < -0.3 is 0 Å². The van der Waals surface area contributed by atoms with E-state index in [1.807, 2.05) is 18.2 Å². The van der Waals surface area contributed by atoms with Gasteiger partial charge in [0.15, 0.2) is 5.78 Å². The second kappa shape index (κ2) is 7.31. The van der Waals surface area contributed by atoms with Crippen LogP contribution in [0, 0.1) is 0 Å². The molecular formula is C22H27NO. The number of likely N-dealkylation sites (tertiary alicyclic amines) is 1. The number of rotatable bonds is 5. The Labute approximate surface area is 145 Å². The Kier molecular flexibility index (Phi) is 5.15. The SMILES string of the molecule is CC(C)(c1ccccc1)c1ccc(C(=O)CN2CCCCC2)cc1. The summed E-state index contributed by atoms with van der Waals surface area (Å²) in [6, 6.07) is 18.7. The Morgan fingerprint density at radius 2 is 1.46 bits per heavy atom. The largest absolute Gasteiger partial charge is 0.296 e. The molecule has 1 fully saturated rings. The summed E-state index contributed by atoms with van der Waals surface area (Å²) in [5.41, 5.74) is 3.30. The summed E-state index contributed by atoms with van der Waals surface area (Å²) >= 11 is 0. The minimum absolute atomic E-state index is 0.0598. The van der Waals surface area contributed by atoms with E-state index in [4.69, 9.17) is 0 Å². The maximum Gasteiger partial charge on any atom is 0.176 e. The van der Waals surface area contributed by atoms with Crippen LogP contribution in [-0.4, -0.2) is 30.3 Å². The second-order valence-electron chi connectivity index (χ2n) is 7.33. The molecule has 126 valence electrons. The van der Waals surface area contributed by atoms with Gasteiger partial charge in [-0.1, -0.05) is 74.9 Å². The van der Waals surface area contributed by atoms with Gasteiger partial charge in [0.1, 0.15) is 0 Å². The van der Waals surface area contributed by atoms with E-state index < -0.39 is 0 Å². The number of nitrogens with zero attached hydrogens (tertiary/aromatic N) is 1. The number of carbonyl (C=O) groups is 1. The fraction of sp³-hybridized carbons (Fsp3) is 0.409. The molecule has 1 saturated heterocycles. The van der Waals surface area contributed by atoms with Crippen molar-refractivity contribution in [2.24, 2.45) is 0 Å². The van der Waals surface area contributed by atoms with Gasteiger partial charge in [-0.15, -0.1) is 0 Å². The molecule has 0 unspecified atom stereocenters. The van der Waals surface area contributed by atoms with Crippen LogP contribution in [0.25, 0.3) is 0 Å². The maximum atomic E-state index is 12.5. The van der Waals surface area contributed by atoms with Gasteiger partial charge in [-0.05, 0) is 37.1 Å². The Balaban J connectivity index is 1.72. The van der Waals surface area contributed by atoms with Gasteiger partial charge in [0, 0.05) is 11.0 Å². The fourth-order valence-electron chi connectivity index (χ4n) is 3.51. The van der Waals surface area contributed by atoms with E-state index in [9.17, 15) is 4.79 Å². The van der Waals surface area contributed by atoms with Crippen LogP contribution in [0.4, 0.5) is 0 Å². The molecule has 0 amide bonds. The zero-order valence-corrected chi connectivity index (χ0v) is 14.8. The average molecular weight is 321 g/mol. The molecule has 0 atom stereocenters. The molecule has 0 spiro atoms. The molecule has 2 aromatic rings. The summed E-state index contributed by atoms with van der Waals surface area (Å²) in [6.45, 7) is 7.14. The van der Waals surface area contributed by atoms with Gasteiger partial charge in [0.05, 0.1) is 6.54 Å². The van der Waals surface area contributed by atoms with E-state index >= 15 is 0 Å². The molecule has 1 aliphatic rings. The third-order valence-electron chi connectivity index (χ3n) is 5.24. The highest BCUT2D eigenvalue weighted by atomic mass is 16.1. The minimum atomic E-state index is -0.0598. The van der Waals surface area contributed by atoms with E-state index in [2.05, 4.69) is 55.1 Å². The number of piperidine rings is 1. The number of benzene rings is 2. The summed E-state index contributed by atoms with van der Waals surface area (Å²) in [5.74, 6) is 0.237. The lowest BCUT2D eigenvalue weighted by molar-refractivity contribution is 0.0915. The predicted molar refractivity (Wildman–Crippen MR) is 99.6 cm³/mol. The third kappa shape index (κ3) is 3.76. The number of ketones is 1. The van der Waals surface area contributed by atoms with Gasteiger partial charge in [-0.2, -0.15) is 0 Å². The summed E-state index contributed by atoms with van der Waals surface area (Å²) in [7, 11) is 0. The topological polar surface area (TPSA) is 20.3 Å². The highest BCUT2D eigenvalue weighted by Gasteiger charge is 2.23. The lowest BCUT2D eigenvalue weighted by Crippen LogP contribution is -2.34. The molecule has 2 heteroatoms. The highest BCUT2D eigenvalue weighted by Crippen LogP contribution is 2.31. The van der Waals surface area contributed by atoms with Crippen molar-refractivity contribution in [1.82, 2.24) is 4.90 Å². The summed E-state index contributed by atoms with van der Waals surface area (Å²) in [6.07, 6.45) is 3.74. The van der Waals surface area contributed by atoms with Gasteiger partial charge in [-0.25, -0.2) is 0 Å². The maximum absolute atomic E-state index is 12.5. The van der Waals surface area contributed by atoms with Crippen molar-refractivity contribution < 1.29 is 4.79 Å². The lowest BCUT2D eigenvalue weighted by atomic mass is 9.78. The molecule has 1 heterocycles. The monoisotopic (exact) mass is 321 g/mol. The highest BCUT2D eigenvalue weighted by molar-refractivity contribution is 5.97. The number of hydrogen-bond acceptors (Lipinski definition) is 2. The molecule has 0 aromatic heterocycles. The van der Waals surface area contributed by atoms with Crippen LogP contribution in [0.3, 0.4) is 0 Å². The lowest BCUT2D eigenvalue weighted by Gasteiger charge is -2.27. The van der Waals surface area contributed by atoms with Crippen molar-refractivity contribution in [3.63, 3.8) is 0 Å². The predicted octanol–water partition coefficient (Wildman–Crippen LogP) is 4.68. The molecule has 0 bridgehead atoms. The number of hydrogen-bond donors (Lipinski definition) is 0. The molecule has 2 aromatic carbocycles. The van der Waals surface area contributed by atoms with Crippen molar-refractivity contribution in [2.75, 3.05) is 19.6 Å². The van der Waals surface area contributed by atoms with E-state index in [-0.39, 0.29) is 11.2 Å². The molecule has 2 nitrogen and oxygen atoms in total. The Hall–Kier alpha value is -1.93. The van der Waals surface area contributed by atoms with E-state index in [1.54, 1.807) is 0 Å². The van der Waals surface area contributed by atoms with Crippen molar-refractivity contribution in [3.05, 3.63) is 71.3 Å². The van der Waals surface area contributed by atoms with Crippen LogP contribution in [0.15, 0.2) is 54.6 Å². The van der Waals surface area contributed by atoms with E-state index in [1.165, 1.54) is 30.4 Å². The zero-order valence-electron chi connectivity index (χ0n) is 14.8. The molecule has 24 heavy (non-hydrogen) atoms. The fourth-order valence-corrected chi connectivity index (χ4v) is 3.51. The Bertz CT molecular complexity index is 667. The van der Waals surface area contributed by atoms with Crippen LogP contribution in [0.5, 0.6) is 0 Å². The first kappa shape index (κ1) is 16.9. The molecule has 3 rings (SSSR count). The first-order valence-electron chi connectivity index (χ1n) is 8.99. The van der Waals surface area contributed by atoms with Crippen LogP contribution < -0.4 is 0 Å². The molecule has 0 saturated carbocycles. The second-order valence-corrected chi connectivity index (χ2v) is 7.33. The molecular weight excluding hydrogens is 294 g/mol. The smallest absolute Gasteiger partial charge is 0.176 e. The summed E-state index contributed by atoms with van der Waals surface area (Å²) in [5, 5.41) is 0. The standard InChI is InChI=1S/C22H27NO/c1-22(2,19-9-5-3-6-10-19)20-13-11-18(12-14-20)21(24)17-23-15-7-4-8-16-23/h3,5-6,9-14H,4,7-8,15-17H2,1-2H3. The van der Waals surface area contributed by atoms with Crippen LogP contribution >= 0.6 is 0 Å². The quantitative estimate of drug-likeness (QED) is 0.745. The van der Waals surface area contributed by atoms with Crippen LogP contribution in [0.1, 0.15) is 54.6 Å². The first-order valence-corrected chi connectivity index (χ1v) is 8.99. The van der Waals surface area contributed by atoms with Gasteiger partial charge in [0.2, 0.25) is 0 Å². The summed E-state index contributed by atoms with van der Waals surface area (Å²) in [4.78, 5) is 14.8. The Morgan fingerprint density at radius 1 is 0.875 bits per heavy atom. The van der Waals surface area contributed by atoms with Crippen LogP contribution in [-0.2, 0) is 5.41 Å². The zero-order chi connectivity index (χ0) is 17.0. The normalized spacial score (nSPS) is 16.1. The van der Waals surface area contributed by atoms with Crippen molar-refractivity contribution in [1.29, 1.82) is 0 Å². The first-order chi connectivity index (χ1) is 11.6. The van der Waals surface area contributed by atoms with Crippen LogP contribution in [0.2, 0.25) is 0 Å². The van der Waals surface area contributed by atoms with E-state index in [0.29, 0.717) is 6.54 Å². The van der Waals surface area contributed by atoms with E-state index in [0.717, 1.165) is 18.7 Å². The van der Waals surface area contributed by atoms with Gasteiger partial charge in [0.25, 0.3) is 0 Å². The third-order valence-corrected chi connectivity index (χ3v) is 5.24. The Morgan fingerprint density at radius 3 is 2.08 bits per heavy atom. The van der Waals surface area contributed by atoms with Crippen molar-refractivity contribution in [3.8, 4) is 0 Å². The average Bonchev–Trinajstić information content (AvgIpc) is 2.63. The summed E-state index contributed by atoms with van der Waals surface area (Å²) < 4.78 is 0. The number of Topliss-reactive ketones (excluding diaryl/α,β-unsaturated/α-hetero) is 1.